The Morgan fingerprint density at radius 2 is 1.93 bits per heavy atom. The first-order valence-electron chi connectivity index (χ1n) is 8.76. The molecule has 0 saturated carbocycles. The number of aryl methyl sites for hydroxylation is 1. The van der Waals surface area contributed by atoms with Gasteiger partial charge in [-0.05, 0) is 25.5 Å². The Balaban J connectivity index is 1.84. The number of H-pyrrole nitrogens is 1. The number of carbonyl (C=O) groups excluding carboxylic acids is 2. The zero-order valence-electron chi connectivity index (χ0n) is 16.3. The summed E-state index contributed by atoms with van der Waals surface area (Å²) in [5, 5.41) is 12.1. The Hall–Kier alpha value is -3.63. The van der Waals surface area contributed by atoms with Gasteiger partial charge in [0.15, 0.2) is 5.69 Å². The van der Waals surface area contributed by atoms with Crippen LogP contribution in [0.25, 0.3) is 0 Å². The number of nitrogens with one attached hydrogen (secondary N) is 2. The lowest BCUT2D eigenvalue weighted by Crippen LogP contribution is -2.14. The molecule has 2 heterocycles. The molecule has 0 unspecified atom stereocenters. The SMILES string of the molecule is COC(=O)c1ccccc1Cn1nc(C)c(NC(=O)c2cc(C(F)(F)F)[nH]n2)c1C. The van der Waals surface area contributed by atoms with Crippen molar-refractivity contribution in [2.75, 3.05) is 12.4 Å². The van der Waals surface area contributed by atoms with Crippen LogP contribution >= 0.6 is 0 Å². The van der Waals surface area contributed by atoms with Crippen molar-refractivity contribution in [3.63, 3.8) is 0 Å². The number of methoxy groups -OCH3 is 1. The van der Waals surface area contributed by atoms with Gasteiger partial charge in [-0.15, -0.1) is 0 Å². The van der Waals surface area contributed by atoms with E-state index in [0.717, 1.165) is 0 Å². The highest BCUT2D eigenvalue weighted by molar-refractivity contribution is 6.03. The van der Waals surface area contributed by atoms with E-state index in [4.69, 9.17) is 4.74 Å². The normalized spacial score (nSPS) is 11.4. The molecule has 0 aliphatic rings. The first-order chi connectivity index (χ1) is 14.1. The van der Waals surface area contributed by atoms with Crippen molar-refractivity contribution < 1.29 is 27.5 Å². The van der Waals surface area contributed by atoms with Crippen LogP contribution < -0.4 is 5.32 Å². The number of alkyl halides is 3. The monoisotopic (exact) mass is 421 g/mol. The summed E-state index contributed by atoms with van der Waals surface area (Å²) >= 11 is 0. The van der Waals surface area contributed by atoms with E-state index in [1.54, 1.807) is 47.9 Å². The molecule has 0 aliphatic carbocycles. The van der Waals surface area contributed by atoms with E-state index in [2.05, 4.69) is 15.5 Å². The zero-order chi connectivity index (χ0) is 22.1. The third-order valence-corrected chi connectivity index (χ3v) is 4.48. The van der Waals surface area contributed by atoms with E-state index in [9.17, 15) is 22.8 Å². The number of aromatic amines is 1. The van der Waals surface area contributed by atoms with Crippen molar-refractivity contribution in [1.29, 1.82) is 0 Å². The fraction of sp³-hybridized carbons (Fsp3) is 0.263. The summed E-state index contributed by atoms with van der Waals surface area (Å²) in [4.78, 5) is 24.3. The summed E-state index contributed by atoms with van der Waals surface area (Å²) in [6.45, 7) is 3.58. The van der Waals surface area contributed by atoms with Crippen LogP contribution in [-0.2, 0) is 17.5 Å². The molecule has 11 heteroatoms. The quantitative estimate of drug-likeness (QED) is 0.616. The lowest BCUT2D eigenvalue weighted by atomic mass is 10.1. The molecule has 0 saturated heterocycles. The Morgan fingerprint density at radius 1 is 1.23 bits per heavy atom. The maximum absolute atomic E-state index is 12.7. The summed E-state index contributed by atoms with van der Waals surface area (Å²) in [7, 11) is 1.29. The highest BCUT2D eigenvalue weighted by Gasteiger charge is 2.34. The number of benzene rings is 1. The van der Waals surface area contributed by atoms with E-state index < -0.39 is 29.4 Å². The number of ether oxygens (including phenoxy) is 1. The molecular weight excluding hydrogens is 403 g/mol. The van der Waals surface area contributed by atoms with Gasteiger partial charge in [-0.3, -0.25) is 14.6 Å². The van der Waals surface area contributed by atoms with Crippen molar-refractivity contribution in [2.24, 2.45) is 0 Å². The topological polar surface area (TPSA) is 102 Å². The fourth-order valence-corrected chi connectivity index (χ4v) is 2.92. The van der Waals surface area contributed by atoms with Crippen LogP contribution in [-0.4, -0.2) is 39.0 Å². The molecule has 3 rings (SSSR count). The Bertz CT molecular complexity index is 1100. The maximum atomic E-state index is 12.7. The van der Waals surface area contributed by atoms with Gasteiger partial charge in [0.1, 0.15) is 5.69 Å². The standard InChI is InChI=1S/C19H18F3N5O3/c1-10-16(23-17(28)14-8-15(25-24-14)19(20,21)22)11(2)27(26-10)9-12-6-4-5-7-13(12)18(29)30-3/h4-8H,9H2,1-3H3,(H,23,28)(H,24,25). The van der Waals surface area contributed by atoms with Gasteiger partial charge in [0, 0.05) is 6.07 Å². The highest BCUT2D eigenvalue weighted by Crippen LogP contribution is 2.28. The van der Waals surface area contributed by atoms with E-state index in [0.29, 0.717) is 34.3 Å². The zero-order valence-corrected chi connectivity index (χ0v) is 16.3. The van der Waals surface area contributed by atoms with Gasteiger partial charge in [-0.2, -0.15) is 23.4 Å². The van der Waals surface area contributed by atoms with Crippen LogP contribution in [0.1, 0.15) is 43.5 Å². The van der Waals surface area contributed by atoms with Gasteiger partial charge in [-0.25, -0.2) is 4.79 Å². The molecule has 2 N–H and O–H groups in total. The van der Waals surface area contributed by atoms with Gasteiger partial charge < -0.3 is 10.1 Å². The molecule has 1 amide bonds. The smallest absolute Gasteiger partial charge is 0.432 e. The molecule has 0 fully saturated rings. The molecule has 1 aromatic carbocycles. The Kier molecular flexibility index (Phi) is 5.63. The van der Waals surface area contributed by atoms with Gasteiger partial charge in [-0.1, -0.05) is 18.2 Å². The second-order valence-corrected chi connectivity index (χ2v) is 6.47. The van der Waals surface area contributed by atoms with Gasteiger partial charge in [0.05, 0.1) is 36.3 Å². The van der Waals surface area contributed by atoms with Crippen LogP contribution in [0.15, 0.2) is 30.3 Å². The van der Waals surface area contributed by atoms with Crippen molar-refractivity contribution in [1.82, 2.24) is 20.0 Å². The number of aromatic nitrogens is 4. The average Bonchev–Trinajstić information content (AvgIpc) is 3.29. The molecular formula is C19H18F3N5O3. The summed E-state index contributed by atoms with van der Waals surface area (Å²) < 4.78 is 44.5. The summed E-state index contributed by atoms with van der Waals surface area (Å²) in [5.74, 6) is -1.29. The number of hydrogen-bond donors (Lipinski definition) is 2. The van der Waals surface area contributed by atoms with Gasteiger partial charge in [0.2, 0.25) is 0 Å². The number of anilines is 1. The van der Waals surface area contributed by atoms with Crippen LogP contribution in [0.4, 0.5) is 18.9 Å². The second-order valence-electron chi connectivity index (χ2n) is 6.47. The minimum atomic E-state index is -4.63. The van der Waals surface area contributed by atoms with Crippen LogP contribution in [0.5, 0.6) is 0 Å². The third kappa shape index (κ3) is 4.19. The number of rotatable bonds is 5. The van der Waals surface area contributed by atoms with Crippen LogP contribution in [0, 0.1) is 13.8 Å². The van der Waals surface area contributed by atoms with Crippen molar-refractivity contribution in [3.05, 3.63) is 64.2 Å². The number of nitrogens with zero attached hydrogens (tertiary/aromatic N) is 3. The maximum Gasteiger partial charge on any atom is 0.432 e. The summed E-state index contributed by atoms with van der Waals surface area (Å²) in [6, 6.07) is 7.50. The molecule has 3 aromatic rings. The molecule has 8 nitrogen and oxygen atoms in total. The number of esters is 1. The molecule has 158 valence electrons. The lowest BCUT2D eigenvalue weighted by molar-refractivity contribution is -0.141. The van der Waals surface area contributed by atoms with Crippen LogP contribution in [0.2, 0.25) is 0 Å². The largest absolute Gasteiger partial charge is 0.465 e. The molecule has 0 atom stereocenters. The predicted octanol–water partition coefficient (Wildman–Crippen LogP) is 3.33. The number of carbonyl (C=O) groups is 2. The predicted molar refractivity (Wildman–Crippen MR) is 100 cm³/mol. The van der Waals surface area contributed by atoms with E-state index in [-0.39, 0.29) is 6.54 Å². The molecule has 0 spiro atoms. The summed E-state index contributed by atoms with van der Waals surface area (Å²) in [6.07, 6.45) is -4.63. The van der Waals surface area contributed by atoms with Gasteiger partial charge >= 0.3 is 12.1 Å². The third-order valence-electron chi connectivity index (χ3n) is 4.48. The lowest BCUT2D eigenvalue weighted by Gasteiger charge is -2.10. The minimum Gasteiger partial charge on any atom is -0.465 e. The van der Waals surface area contributed by atoms with Crippen LogP contribution in [0.3, 0.4) is 0 Å². The van der Waals surface area contributed by atoms with E-state index in [1.807, 2.05) is 0 Å². The van der Waals surface area contributed by atoms with Crippen molar-refractivity contribution in [2.45, 2.75) is 26.6 Å². The first-order valence-corrected chi connectivity index (χ1v) is 8.76. The number of hydrogen-bond acceptors (Lipinski definition) is 5. The minimum absolute atomic E-state index is 0.231. The molecule has 30 heavy (non-hydrogen) atoms. The van der Waals surface area contributed by atoms with E-state index in [1.165, 1.54) is 7.11 Å². The number of amides is 1. The highest BCUT2D eigenvalue weighted by atomic mass is 19.4. The molecule has 2 aromatic heterocycles. The molecule has 0 aliphatic heterocycles. The van der Waals surface area contributed by atoms with Gasteiger partial charge in [0.25, 0.3) is 5.91 Å². The molecule has 0 radical (unpaired) electrons. The number of halogens is 3. The van der Waals surface area contributed by atoms with Crippen molar-refractivity contribution in [3.8, 4) is 0 Å². The molecule has 0 bridgehead atoms. The van der Waals surface area contributed by atoms with E-state index >= 15 is 0 Å². The second kappa shape index (κ2) is 8.01. The summed E-state index contributed by atoms with van der Waals surface area (Å²) in [5.41, 5.74) is 0.910. The average molecular weight is 421 g/mol. The Morgan fingerprint density at radius 3 is 2.57 bits per heavy atom. The fourth-order valence-electron chi connectivity index (χ4n) is 2.92. The van der Waals surface area contributed by atoms with Crippen molar-refractivity contribution >= 4 is 17.6 Å². The first kappa shape index (κ1) is 21.1. The Labute approximate surface area is 169 Å².